The summed E-state index contributed by atoms with van der Waals surface area (Å²) in [6.45, 7) is 7.49. The summed E-state index contributed by atoms with van der Waals surface area (Å²) in [5, 5.41) is 2.89. The molecular weight excluding hydrogens is 1000 g/mol. The van der Waals surface area contributed by atoms with Crippen molar-refractivity contribution in [2.75, 3.05) is 20.3 Å². The van der Waals surface area contributed by atoms with Crippen LogP contribution in [-0.4, -0.2) is 142 Å². The molecule has 3 aliphatic heterocycles. The third kappa shape index (κ3) is 16.9. The van der Waals surface area contributed by atoms with E-state index in [1.54, 1.807) is 0 Å². The van der Waals surface area contributed by atoms with Gasteiger partial charge in [-0.15, -0.1) is 0 Å². The monoisotopic (exact) mass is 1070 g/mol. The molecule has 77 heavy (non-hydrogen) atoms. The number of hydrogen-bond acceptors (Lipinski definition) is 19. The van der Waals surface area contributed by atoms with Crippen molar-refractivity contribution in [1.82, 2.24) is 5.32 Å². The summed E-state index contributed by atoms with van der Waals surface area (Å²) in [6, 6.07) is 37.0. The molecule has 20 heteroatoms. The van der Waals surface area contributed by atoms with Gasteiger partial charge in [-0.3, -0.25) is 24.0 Å². The van der Waals surface area contributed by atoms with Gasteiger partial charge in [0.2, 0.25) is 5.91 Å². The largest absolute Gasteiger partial charge is 0.463 e. The van der Waals surface area contributed by atoms with Gasteiger partial charge in [0.1, 0.15) is 55.4 Å². The third-order valence-corrected chi connectivity index (χ3v) is 12.8. The fourth-order valence-corrected chi connectivity index (χ4v) is 9.41. The Bertz CT molecular complexity index is 2470. The lowest BCUT2D eigenvalue weighted by Gasteiger charge is -2.51. The van der Waals surface area contributed by atoms with Gasteiger partial charge in [0.25, 0.3) is 0 Å². The predicted molar refractivity (Wildman–Crippen MR) is 270 cm³/mol. The average Bonchev–Trinajstić information content (AvgIpc) is 3.41. The van der Waals surface area contributed by atoms with Crippen LogP contribution in [0.2, 0.25) is 0 Å². The lowest BCUT2D eigenvalue weighted by molar-refractivity contribution is -0.378. The standard InChI is InChI=1S/C57H69NO19/c1-34-47(67-29-41-22-14-9-15-23-41)51(68-30-42-24-16-10-17-25-42)53(69-31-43-26-18-11-19-27-43)56(70-34)76-48-44(32-65-28-40-20-12-8-13-21-40)74-55(64-7)46(58-35(2)59)50(48)77-57-54(73-39(6)63)52(72-38(5)62)49(71-37(4)61)45(75-57)33-66-36(3)60/h8-27,34,44-57H,28-33H2,1-7H3,(H,58,59)/t34-,44+,45+,46+,47+,48+,49-,50+,51+,52-,53-,54+,55+,56-,57-/m0/s1. The Morgan fingerprint density at radius 2 is 0.870 bits per heavy atom. The van der Waals surface area contributed by atoms with E-state index in [0.29, 0.717) is 0 Å². The number of nitrogens with one attached hydrogen (secondary N) is 1. The number of rotatable bonds is 24. The number of benzene rings is 4. The van der Waals surface area contributed by atoms with Crippen LogP contribution in [0.25, 0.3) is 0 Å². The number of ether oxygens (including phenoxy) is 14. The van der Waals surface area contributed by atoms with Gasteiger partial charge >= 0.3 is 23.9 Å². The highest BCUT2D eigenvalue weighted by atomic mass is 16.8. The summed E-state index contributed by atoms with van der Waals surface area (Å²) in [5.41, 5.74) is 3.48. The Hall–Kier alpha value is -6.17. The number of amides is 1. The first-order valence-corrected chi connectivity index (χ1v) is 25.5. The Morgan fingerprint density at radius 1 is 0.442 bits per heavy atom. The van der Waals surface area contributed by atoms with Crippen LogP contribution >= 0.6 is 0 Å². The molecule has 0 radical (unpaired) electrons. The molecule has 416 valence electrons. The molecule has 3 fully saturated rings. The molecule has 4 aromatic carbocycles. The molecule has 1 amide bonds. The average molecular weight is 1070 g/mol. The summed E-state index contributed by atoms with van der Waals surface area (Å²) in [4.78, 5) is 64.2. The Kier molecular flexibility index (Phi) is 22.0. The van der Waals surface area contributed by atoms with Crippen molar-refractivity contribution in [1.29, 1.82) is 0 Å². The highest BCUT2D eigenvalue weighted by molar-refractivity contribution is 5.73. The fourth-order valence-electron chi connectivity index (χ4n) is 9.41. The van der Waals surface area contributed by atoms with Crippen molar-refractivity contribution >= 4 is 29.8 Å². The van der Waals surface area contributed by atoms with E-state index in [1.807, 2.05) is 128 Å². The van der Waals surface area contributed by atoms with Gasteiger partial charge in [-0.2, -0.15) is 0 Å². The number of methoxy groups -OCH3 is 1. The van der Waals surface area contributed by atoms with Gasteiger partial charge in [-0.25, -0.2) is 0 Å². The molecule has 15 atom stereocenters. The van der Waals surface area contributed by atoms with Crippen molar-refractivity contribution in [3.63, 3.8) is 0 Å². The topological polar surface area (TPSA) is 227 Å². The van der Waals surface area contributed by atoms with Crippen LogP contribution in [0.3, 0.4) is 0 Å². The van der Waals surface area contributed by atoms with Crippen molar-refractivity contribution in [2.24, 2.45) is 0 Å². The molecule has 3 heterocycles. The number of carbonyl (C=O) groups is 5. The Balaban J connectivity index is 1.34. The number of hydrogen-bond donors (Lipinski definition) is 1. The van der Waals surface area contributed by atoms with Crippen LogP contribution in [0.5, 0.6) is 0 Å². The van der Waals surface area contributed by atoms with E-state index in [-0.39, 0.29) is 33.0 Å². The maximum absolute atomic E-state index is 13.3. The molecule has 0 bridgehead atoms. The molecule has 0 aliphatic carbocycles. The summed E-state index contributed by atoms with van der Waals surface area (Å²) in [5.74, 6) is -3.78. The van der Waals surface area contributed by atoms with Gasteiger partial charge in [0.15, 0.2) is 37.2 Å². The van der Waals surface area contributed by atoms with E-state index < -0.39 is 128 Å². The van der Waals surface area contributed by atoms with E-state index >= 15 is 0 Å². The van der Waals surface area contributed by atoms with Gasteiger partial charge in [0.05, 0.1) is 39.1 Å². The second-order valence-corrected chi connectivity index (χ2v) is 18.8. The summed E-state index contributed by atoms with van der Waals surface area (Å²) >= 11 is 0. The van der Waals surface area contributed by atoms with E-state index in [4.69, 9.17) is 66.3 Å². The number of esters is 4. The van der Waals surface area contributed by atoms with Crippen molar-refractivity contribution < 1.29 is 90.3 Å². The van der Waals surface area contributed by atoms with Crippen LogP contribution in [0.1, 0.15) is 63.8 Å². The van der Waals surface area contributed by atoms with Crippen molar-refractivity contribution in [2.45, 2.75) is 160 Å². The van der Waals surface area contributed by atoms with Gasteiger partial charge in [0, 0.05) is 41.7 Å². The quantitative estimate of drug-likeness (QED) is 0.0681. The molecule has 0 saturated carbocycles. The number of carbonyl (C=O) groups excluding carboxylic acids is 5. The predicted octanol–water partition coefficient (Wildman–Crippen LogP) is 5.43. The highest BCUT2D eigenvalue weighted by Crippen LogP contribution is 2.38. The van der Waals surface area contributed by atoms with Gasteiger partial charge in [-0.05, 0) is 29.2 Å². The van der Waals surface area contributed by atoms with Gasteiger partial charge < -0.3 is 71.6 Å². The molecule has 0 aromatic heterocycles. The molecule has 3 saturated heterocycles. The zero-order chi connectivity index (χ0) is 54.8. The zero-order valence-corrected chi connectivity index (χ0v) is 44.2. The van der Waals surface area contributed by atoms with Crippen molar-refractivity contribution in [3.05, 3.63) is 144 Å². The molecular formula is C57H69NO19. The second kappa shape index (κ2) is 29.0. The molecule has 0 spiro atoms. The molecule has 1 N–H and O–H groups in total. The Labute approximate surface area is 448 Å². The lowest BCUT2D eigenvalue weighted by atomic mass is 9.94. The summed E-state index contributed by atoms with van der Waals surface area (Å²) in [7, 11) is 1.37. The smallest absolute Gasteiger partial charge is 0.303 e. The van der Waals surface area contributed by atoms with E-state index in [0.717, 1.165) is 49.9 Å². The molecule has 3 aliphatic rings. The summed E-state index contributed by atoms with van der Waals surface area (Å²) < 4.78 is 89.7. The molecule has 4 aromatic rings. The Morgan fingerprint density at radius 3 is 1.36 bits per heavy atom. The van der Waals surface area contributed by atoms with E-state index in [2.05, 4.69) is 5.32 Å². The first kappa shape index (κ1) is 58.5. The van der Waals surface area contributed by atoms with E-state index in [9.17, 15) is 24.0 Å². The molecule has 20 nitrogen and oxygen atoms in total. The van der Waals surface area contributed by atoms with Crippen LogP contribution in [-0.2, 0) is 117 Å². The van der Waals surface area contributed by atoms with Crippen LogP contribution in [0, 0.1) is 0 Å². The molecule has 7 rings (SSSR count). The van der Waals surface area contributed by atoms with Crippen LogP contribution in [0.4, 0.5) is 0 Å². The maximum atomic E-state index is 13.3. The fraction of sp³-hybridized carbons (Fsp3) is 0.491. The zero-order valence-electron chi connectivity index (χ0n) is 44.2. The SMILES string of the molecule is CO[C@@H]1O[C@H](COCc2ccccc2)[C@@H](O[C@@H]2O[C@@H](C)[C@@H](OCc3ccccc3)[C@@H](OCc3ccccc3)[C@@H]2OCc2ccccc2)[C@H](O[C@@H]2O[C@H](COC(C)=O)[C@H](OC(C)=O)[C@H](OC(C)=O)[C@H]2OC(C)=O)[C@H]1NC(C)=O. The first-order chi connectivity index (χ1) is 37.2. The lowest BCUT2D eigenvalue weighted by Crippen LogP contribution is -2.70. The minimum absolute atomic E-state index is 0.0788. The summed E-state index contributed by atoms with van der Waals surface area (Å²) in [6.07, 6.45) is -17.8. The normalized spacial score (nSPS) is 29.1. The second-order valence-electron chi connectivity index (χ2n) is 18.8. The maximum Gasteiger partial charge on any atom is 0.303 e. The third-order valence-electron chi connectivity index (χ3n) is 12.8. The van der Waals surface area contributed by atoms with Gasteiger partial charge in [-0.1, -0.05) is 121 Å². The van der Waals surface area contributed by atoms with Crippen molar-refractivity contribution in [3.8, 4) is 0 Å². The minimum atomic E-state index is -1.75. The van der Waals surface area contributed by atoms with E-state index in [1.165, 1.54) is 14.0 Å². The minimum Gasteiger partial charge on any atom is -0.463 e. The highest BCUT2D eigenvalue weighted by Gasteiger charge is 2.58. The van der Waals surface area contributed by atoms with Crippen LogP contribution in [0.15, 0.2) is 121 Å². The first-order valence-electron chi connectivity index (χ1n) is 25.5. The van der Waals surface area contributed by atoms with Crippen LogP contribution < -0.4 is 5.32 Å². The molecule has 0 unspecified atom stereocenters.